The van der Waals surface area contributed by atoms with Crippen LogP contribution in [0.4, 0.5) is 5.82 Å². The van der Waals surface area contributed by atoms with Gasteiger partial charge in [0.15, 0.2) is 0 Å². The summed E-state index contributed by atoms with van der Waals surface area (Å²) in [6.07, 6.45) is 4.45. The second-order valence-corrected chi connectivity index (χ2v) is 10.7. The largest absolute Gasteiger partial charge is 0.353 e. The van der Waals surface area contributed by atoms with E-state index in [-0.39, 0.29) is 0 Å². The molecule has 170 valence electrons. The molecule has 7 heteroatoms. The maximum Gasteiger partial charge on any atom is 0.146 e. The van der Waals surface area contributed by atoms with Gasteiger partial charge >= 0.3 is 0 Å². The Balaban J connectivity index is 1.35. The number of anilines is 1. The number of hydrogen-bond acceptors (Lipinski definition) is 7. The molecular weight excluding hydrogens is 416 g/mol. The molecule has 0 radical (unpaired) electrons. The molecule has 0 spiro atoms. The molecule has 6 nitrogen and oxygen atoms in total. The molecule has 0 unspecified atom stereocenters. The molecule has 32 heavy (non-hydrogen) atoms. The van der Waals surface area contributed by atoms with Crippen molar-refractivity contribution in [3.8, 4) is 0 Å². The summed E-state index contributed by atoms with van der Waals surface area (Å²) in [5.74, 6) is 2.98. The van der Waals surface area contributed by atoms with Gasteiger partial charge in [-0.1, -0.05) is 13.0 Å². The summed E-state index contributed by atoms with van der Waals surface area (Å²) in [6, 6.07) is 6.17. The zero-order valence-corrected chi connectivity index (χ0v) is 20.4. The predicted molar refractivity (Wildman–Crippen MR) is 132 cm³/mol. The van der Waals surface area contributed by atoms with Crippen LogP contribution in [0.1, 0.15) is 41.7 Å². The summed E-state index contributed by atoms with van der Waals surface area (Å²) < 4.78 is 0. The van der Waals surface area contributed by atoms with Gasteiger partial charge in [-0.25, -0.2) is 9.97 Å². The minimum absolute atomic E-state index is 0.843. The van der Waals surface area contributed by atoms with E-state index >= 15 is 0 Å². The number of likely N-dealkylation sites (tertiary alicyclic amines) is 1. The maximum atomic E-state index is 5.17. The van der Waals surface area contributed by atoms with Crippen molar-refractivity contribution in [3.05, 3.63) is 46.4 Å². The third-order valence-corrected chi connectivity index (χ3v) is 8.18. The summed E-state index contributed by atoms with van der Waals surface area (Å²) in [5, 5.41) is 1.27. The molecule has 2 fully saturated rings. The molecule has 0 N–H and O–H groups in total. The Morgan fingerprint density at radius 1 is 0.938 bits per heavy atom. The monoisotopic (exact) mass is 450 g/mol. The van der Waals surface area contributed by atoms with Crippen molar-refractivity contribution in [2.24, 2.45) is 5.92 Å². The molecule has 0 saturated carbocycles. The third-order valence-electron chi connectivity index (χ3n) is 7.08. The number of rotatable bonds is 5. The number of piperazine rings is 1. The van der Waals surface area contributed by atoms with Crippen LogP contribution in [0.15, 0.2) is 24.4 Å². The van der Waals surface area contributed by atoms with E-state index in [0.717, 1.165) is 80.4 Å². The second kappa shape index (κ2) is 9.41. The first kappa shape index (κ1) is 21.7. The van der Waals surface area contributed by atoms with Gasteiger partial charge in [-0.05, 0) is 63.4 Å². The van der Waals surface area contributed by atoms with E-state index in [4.69, 9.17) is 9.97 Å². The summed E-state index contributed by atoms with van der Waals surface area (Å²) in [5.41, 5.74) is 2.49. The fourth-order valence-electron chi connectivity index (χ4n) is 4.83. The van der Waals surface area contributed by atoms with E-state index in [1.54, 1.807) is 0 Å². The molecule has 2 aliphatic rings. The molecule has 3 aromatic heterocycles. The molecule has 2 aliphatic heterocycles. The first-order chi connectivity index (χ1) is 15.6. The maximum absolute atomic E-state index is 5.17. The summed E-state index contributed by atoms with van der Waals surface area (Å²) in [4.78, 5) is 24.7. The fraction of sp³-hybridized carbons (Fsp3) is 0.560. The van der Waals surface area contributed by atoms with Gasteiger partial charge in [0.05, 0.1) is 17.6 Å². The highest BCUT2D eigenvalue weighted by Gasteiger charge is 2.24. The summed E-state index contributed by atoms with van der Waals surface area (Å²) in [7, 11) is 0. The van der Waals surface area contributed by atoms with E-state index in [9.17, 15) is 0 Å². The molecule has 0 aromatic carbocycles. The van der Waals surface area contributed by atoms with Gasteiger partial charge in [0, 0.05) is 43.8 Å². The smallest absolute Gasteiger partial charge is 0.146 e. The van der Waals surface area contributed by atoms with Crippen molar-refractivity contribution < 1.29 is 0 Å². The number of pyridine rings is 1. The topological polar surface area (TPSA) is 48.4 Å². The Kier molecular flexibility index (Phi) is 6.40. The van der Waals surface area contributed by atoms with Crippen molar-refractivity contribution in [2.75, 3.05) is 44.2 Å². The Morgan fingerprint density at radius 2 is 1.69 bits per heavy atom. The van der Waals surface area contributed by atoms with Crippen LogP contribution in [0, 0.1) is 19.8 Å². The minimum atomic E-state index is 0.843. The molecule has 0 bridgehead atoms. The van der Waals surface area contributed by atoms with Crippen LogP contribution < -0.4 is 4.90 Å². The highest BCUT2D eigenvalue weighted by Crippen LogP contribution is 2.35. The van der Waals surface area contributed by atoms with Gasteiger partial charge in [-0.15, -0.1) is 11.3 Å². The number of aryl methyl sites for hydroxylation is 2. The molecule has 5 rings (SSSR count). The fourth-order valence-corrected chi connectivity index (χ4v) is 5.87. The van der Waals surface area contributed by atoms with E-state index in [1.165, 1.54) is 28.7 Å². The predicted octanol–water partition coefficient (Wildman–Crippen LogP) is 4.26. The van der Waals surface area contributed by atoms with E-state index in [0.29, 0.717) is 0 Å². The van der Waals surface area contributed by atoms with Gasteiger partial charge in [0.1, 0.15) is 16.5 Å². The van der Waals surface area contributed by atoms with Crippen LogP contribution in [-0.2, 0) is 13.1 Å². The molecule has 3 aromatic rings. The number of aromatic nitrogens is 3. The van der Waals surface area contributed by atoms with Crippen molar-refractivity contribution in [1.82, 2.24) is 24.8 Å². The molecular formula is C25H34N6S. The minimum Gasteiger partial charge on any atom is -0.353 e. The van der Waals surface area contributed by atoms with Crippen LogP contribution in [0.3, 0.4) is 0 Å². The zero-order valence-electron chi connectivity index (χ0n) is 19.5. The summed E-state index contributed by atoms with van der Waals surface area (Å²) in [6.45, 7) is 15.0. The lowest BCUT2D eigenvalue weighted by Crippen LogP contribution is -2.46. The normalized spacial score (nSPS) is 19.2. The molecule has 0 atom stereocenters. The average molecular weight is 451 g/mol. The van der Waals surface area contributed by atoms with Gasteiger partial charge in [-0.3, -0.25) is 14.8 Å². The number of hydrogen-bond donors (Lipinski definition) is 0. The number of thiophene rings is 1. The lowest BCUT2D eigenvalue weighted by Gasteiger charge is -2.36. The Morgan fingerprint density at radius 3 is 2.41 bits per heavy atom. The SMILES string of the molecule is Cc1sc2nc(CN3CCC(C)CC3)nc(N3CCN(Cc4ccccn4)CC3)c2c1C. The molecule has 0 aliphatic carbocycles. The van der Waals surface area contributed by atoms with E-state index in [2.05, 4.69) is 52.6 Å². The molecule has 5 heterocycles. The van der Waals surface area contributed by atoms with Crippen molar-refractivity contribution in [1.29, 1.82) is 0 Å². The van der Waals surface area contributed by atoms with Crippen molar-refractivity contribution >= 4 is 27.4 Å². The highest BCUT2D eigenvalue weighted by atomic mass is 32.1. The quantitative estimate of drug-likeness (QED) is 0.579. The van der Waals surface area contributed by atoms with Crippen LogP contribution in [0.5, 0.6) is 0 Å². The Hall–Kier alpha value is -2.09. The van der Waals surface area contributed by atoms with Gasteiger partial charge in [0.25, 0.3) is 0 Å². The standard InChI is InChI=1S/C25H34N6S/c1-18-7-10-29(11-8-18)17-22-27-24(23-19(2)20(3)32-25(23)28-22)31-14-12-30(13-15-31)16-21-6-4-5-9-26-21/h4-6,9,18H,7-8,10-17H2,1-3H3. The first-order valence-electron chi connectivity index (χ1n) is 11.9. The van der Waals surface area contributed by atoms with Gasteiger partial charge < -0.3 is 4.90 Å². The second-order valence-electron chi connectivity index (χ2n) is 9.47. The van der Waals surface area contributed by atoms with Crippen LogP contribution >= 0.6 is 11.3 Å². The zero-order chi connectivity index (χ0) is 22.1. The Bertz CT molecular complexity index is 1050. The lowest BCUT2D eigenvalue weighted by molar-refractivity contribution is 0.181. The van der Waals surface area contributed by atoms with Crippen LogP contribution in [0.25, 0.3) is 10.2 Å². The summed E-state index contributed by atoms with van der Waals surface area (Å²) >= 11 is 1.82. The average Bonchev–Trinajstić information content (AvgIpc) is 3.09. The third kappa shape index (κ3) is 4.65. The van der Waals surface area contributed by atoms with Crippen molar-refractivity contribution in [3.63, 3.8) is 0 Å². The lowest BCUT2D eigenvalue weighted by atomic mass is 9.99. The van der Waals surface area contributed by atoms with Crippen molar-refractivity contribution in [2.45, 2.75) is 46.7 Å². The number of fused-ring (bicyclic) bond motifs is 1. The number of nitrogens with zero attached hydrogens (tertiary/aromatic N) is 6. The van der Waals surface area contributed by atoms with E-state index < -0.39 is 0 Å². The number of piperidine rings is 1. The van der Waals surface area contributed by atoms with Gasteiger partial charge in [-0.2, -0.15) is 0 Å². The Labute approximate surface area is 195 Å². The van der Waals surface area contributed by atoms with Crippen LogP contribution in [0.2, 0.25) is 0 Å². The first-order valence-corrected chi connectivity index (χ1v) is 12.7. The van der Waals surface area contributed by atoms with E-state index in [1.807, 2.05) is 23.6 Å². The van der Waals surface area contributed by atoms with Gasteiger partial charge in [0.2, 0.25) is 0 Å². The molecule has 0 amide bonds. The van der Waals surface area contributed by atoms with Crippen LogP contribution in [-0.4, -0.2) is 64.0 Å². The highest BCUT2D eigenvalue weighted by molar-refractivity contribution is 7.18. The molecule has 2 saturated heterocycles.